The number of alkyl halides is 3. The maximum atomic E-state index is 12.6. The number of halogens is 3. The van der Waals surface area contributed by atoms with E-state index >= 15 is 0 Å². The number of benzene rings is 1. The lowest BCUT2D eigenvalue weighted by molar-refractivity contribution is 0.0509. The number of carbonyl (C=O) groups excluding carboxylic acids is 2. The van der Waals surface area contributed by atoms with E-state index in [1.807, 2.05) is 0 Å². The van der Waals surface area contributed by atoms with Crippen molar-refractivity contribution in [2.45, 2.75) is 74.9 Å². The van der Waals surface area contributed by atoms with Crippen molar-refractivity contribution < 1.29 is 14.3 Å². The van der Waals surface area contributed by atoms with Gasteiger partial charge >= 0.3 is 5.97 Å². The minimum Gasteiger partial charge on any atom is -0.458 e. The zero-order valence-corrected chi connectivity index (χ0v) is 21.7. The normalized spacial score (nSPS) is 12.2. The van der Waals surface area contributed by atoms with Crippen LogP contribution < -0.4 is 0 Å². The van der Waals surface area contributed by atoms with Gasteiger partial charge in [-0.2, -0.15) is 0 Å². The maximum Gasteiger partial charge on any atom is 0.339 e. The SMILES string of the molecule is CCCCC/C=C\C/C=C\C/C=C\CCCCC(=O)c1ccccc1C(=O)OCC(Cl)(Cl)Cl. The molecule has 0 atom stereocenters. The van der Waals surface area contributed by atoms with E-state index in [2.05, 4.69) is 43.4 Å². The van der Waals surface area contributed by atoms with E-state index in [0.717, 1.165) is 32.1 Å². The maximum absolute atomic E-state index is 12.6. The summed E-state index contributed by atoms with van der Waals surface area (Å²) in [5, 5.41) is 0. The fourth-order valence-corrected chi connectivity index (χ4v) is 3.27. The van der Waals surface area contributed by atoms with Gasteiger partial charge in [0.2, 0.25) is 3.79 Å². The Morgan fingerprint density at radius 3 is 1.94 bits per heavy atom. The quantitative estimate of drug-likeness (QED) is 0.0728. The second-order valence-electron chi connectivity index (χ2n) is 7.79. The van der Waals surface area contributed by atoms with Gasteiger partial charge in [0.25, 0.3) is 0 Å². The number of ether oxygens (including phenoxy) is 1. The predicted octanol–water partition coefficient (Wildman–Crippen LogP) is 8.99. The third-order valence-electron chi connectivity index (χ3n) is 4.86. The minimum absolute atomic E-state index is 0.0916. The number of ketones is 1. The van der Waals surface area contributed by atoms with Crippen molar-refractivity contribution in [3.05, 3.63) is 71.8 Å². The van der Waals surface area contributed by atoms with Gasteiger partial charge in [0.1, 0.15) is 6.61 Å². The van der Waals surface area contributed by atoms with Crippen molar-refractivity contribution in [2.24, 2.45) is 0 Å². The molecule has 0 aromatic heterocycles. The second-order valence-corrected chi connectivity index (χ2v) is 10.3. The van der Waals surface area contributed by atoms with Gasteiger partial charge in [0.05, 0.1) is 5.56 Å². The van der Waals surface area contributed by atoms with Crippen LogP contribution in [0.3, 0.4) is 0 Å². The predicted molar refractivity (Wildman–Crippen MR) is 141 cm³/mol. The van der Waals surface area contributed by atoms with Gasteiger partial charge in [-0.3, -0.25) is 4.79 Å². The highest BCUT2D eigenvalue weighted by Gasteiger charge is 2.24. The Bertz CT molecular complexity index is 792. The van der Waals surface area contributed by atoms with Gasteiger partial charge in [-0.25, -0.2) is 4.79 Å². The summed E-state index contributed by atoms with van der Waals surface area (Å²) < 4.78 is 3.32. The molecule has 0 saturated heterocycles. The lowest BCUT2D eigenvalue weighted by Gasteiger charge is -2.13. The van der Waals surface area contributed by atoms with Crippen molar-refractivity contribution in [3.63, 3.8) is 0 Å². The monoisotopic (exact) mass is 512 g/mol. The second kappa shape index (κ2) is 17.9. The molecule has 182 valence electrons. The number of esters is 1. The third kappa shape index (κ3) is 15.1. The molecule has 1 aromatic rings. The minimum atomic E-state index is -1.69. The van der Waals surface area contributed by atoms with Gasteiger partial charge in [-0.05, 0) is 51.0 Å². The summed E-state index contributed by atoms with van der Waals surface area (Å²) in [7, 11) is 0. The van der Waals surface area contributed by atoms with Crippen molar-refractivity contribution >= 4 is 46.6 Å². The summed E-state index contributed by atoms with van der Waals surface area (Å²) in [5.74, 6) is -0.764. The Morgan fingerprint density at radius 2 is 1.36 bits per heavy atom. The molecule has 3 nitrogen and oxygen atoms in total. The smallest absolute Gasteiger partial charge is 0.339 e. The lowest BCUT2D eigenvalue weighted by Crippen LogP contribution is -2.19. The Kier molecular flexibility index (Phi) is 16.0. The summed E-state index contributed by atoms with van der Waals surface area (Å²) in [6.07, 6.45) is 23.0. The number of rotatable bonds is 16. The highest BCUT2D eigenvalue weighted by Crippen LogP contribution is 2.26. The van der Waals surface area contributed by atoms with E-state index in [0.29, 0.717) is 12.0 Å². The molecule has 0 radical (unpaired) electrons. The van der Waals surface area contributed by atoms with E-state index < -0.39 is 9.76 Å². The zero-order chi connectivity index (χ0) is 24.4. The van der Waals surface area contributed by atoms with Gasteiger partial charge in [0, 0.05) is 12.0 Å². The summed E-state index contributed by atoms with van der Waals surface area (Å²) in [6.45, 7) is 1.84. The van der Waals surface area contributed by atoms with Crippen molar-refractivity contribution in [1.82, 2.24) is 0 Å². The van der Waals surface area contributed by atoms with E-state index in [9.17, 15) is 9.59 Å². The van der Waals surface area contributed by atoms with E-state index in [1.165, 1.54) is 25.7 Å². The lowest BCUT2D eigenvalue weighted by atomic mass is 9.99. The number of carbonyl (C=O) groups is 2. The number of Topliss-reactive ketones (excluding diaryl/α,β-unsaturated/α-hetero) is 1. The summed E-state index contributed by atoms with van der Waals surface area (Å²) >= 11 is 16.9. The van der Waals surface area contributed by atoms with Gasteiger partial charge in [-0.15, -0.1) is 0 Å². The van der Waals surface area contributed by atoms with E-state index in [1.54, 1.807) is 24.3 Å². The van der Waals surface area contributed by atoms with E-state index in [-0.39, 0.29) is 18.0 Å². The molecule has 6 heteroatoms. The van der Waals surface area contributed by atoms with Crippen LogP contribution in [0.5, 0.6) is 0 Å². The van der Waals surface area contributed by atoms with E-state index in [4.69, 9.17) is 39.5 Å². The fourth-order valence-electron chi connectivity index (χ4n) is 3.10. The summed E-state index contributed by atoms with van der Waals surface area (Å²) in [6, 6.07) is 6.57. The summed E-state index contributed by atoms with van der Waals surface area (Å²) in [4.78, 5) is 24.8. The third-order valence-corrected chi connectivity index (χ3v) is 5.18. The van der Waals surface area contributed by atoms with Crippen LogP contribution in [0.2, 0.25) is 0 Å². The van der Waals surface area contributed by atoms with Crippen LogP contribution in [-0.2, 0) is 4.74 Å². The number of allylic oxidation sites excluding steroid dienone is 6. The highest BCUT2D eigenvalue weighted by molar-refractivity contribution is 6.67. The van der Waals surface area contributed by atoms with Crippen LogP contribution in [0.1, 0.15) is 91.8 Å². The molecule has 33 heavy (non-hydrogen) atoms. The van der Waals surface area contributed by atoms with Crippen LogP contribution in [-0.4, -0.2) is 22.2 Å². The molecule has 1 rings (SSSR count). The molecular formula is C27H35Cl3O3. The molecule has 0 spiro atoms. The van der Waals surface area contributed by atoms with Crippen molar-refractivity contribution in [3.8, 4) is 0 Å². The molecule has 0 aliphatic carbocycles. The molecule has 0 bridgehead atoms. The van der Waals surface area contributed by atoms with Crippen LogP contribution in [0.4, 0.5) is 0 Å². The van der Waals surface area contributed by atoms with Crippen LogP contribution in [0, 0.1) is 0 Å². The molecule has 0 aliphatic rings. The fraction of sp³-hybridized carbons (Fsp3) is 0.481. The van der Waals surface area contributed by atoms with Crippen LogP contribution in [0.15, 0.2) is 60.7 Å². The molecule has 0 amide bonds. The highest BCUT2D eigenvalue weighted by atomic mass is 35.6. The molecule has 0 fully saturated rings. The number of hydrogen-bond acceptors (Lipinski definition) is 3. The zero-order valence-electron chi connectivity index (χ0n) is 19.4. The largest absolute Gasteiger partial charge is 0.458 e. The average Bonchev–Trinajstić information content (AvgIpc) is 2.79. The molecule has 0 saturated carbocycles. The first-order valence-corrected chi connectivity index (χ1v) is 12.8. The molecule has 1 aromatic carbocycles. The van der Waals surface area contributed by atoms with Gasteiger partial charge in [0.15, 0.2) is 5.78 Å². The standard InChI is InChI=1S/C27H35Cl3O3/c1-2-3-4-5-6-7-8-9-10-11-12-13-14-15-16-21-25(31)23-19-17-18-20-24(23)26(32)33-22-27(28,29)30/h6-7,9-10,12-13,17-20H,2-5,8,11,14-16,21-22H2,1H3/b7-6-,10-9-,13-12-. The molecule has 0 heterocycles. The van der Waals surface area contributed by atoms with Crippen LogP contribution >= 0.6 is 34.8 Å². The molecule has 0 unspecified atom stereocenters. The van der Waals surface area contributed by atoms with Crippen LogP contribution in [0.25, 0.3) is 0 Å². The number of unbranched alkanes of at least 4 members (excludes halogenated alkanes) is 5. The topological polar surface area (TPSA) is 43.4 Å². The molecule has 0 N–H and O–H groups in total. The first kappa shape index (κ1) is 29.5. The van der Waals surface area contributed by atoms with Gasteiger partial charge in [-0.1, -0.05) is 109 Å². The Morgan fingerprint density at radius 1 is 0.818 bits per heavy atom. The Labute approximate surface area is 213 Å². The average molecular weight is 514 g/mol. The first-order chi connectivity index (χ1) is 15.8. The van der Waals surface area contributed by atoms with Gasteiger partial charge < -0.3 is 4.74 Å². The van der Waals surface area contributed by atoms with Crippen molar-refractivity contribution in [1.29, 1.82) is 0 Å². The summed E-state index contributed by atoms with van der Waals surface area (Å²) in [5.41, 5.74) is 0.533. The molecule has 0 aliphatic heterocycles. The molecular weight excluding hydrogens is 479 g/mol. The Hall–Kier alpha value is -1.55. The first-order valence-electron chi connectivity index (χ1n) is 11.7. The number of hydrogen-bond donors (Lipinski definition) is 0. The Balaban J connectivity index is 2.27. The van der Waals surface area contributed by atoms with Crippen molar-refractivity contribution in [2.75, 3.05) is 6.61 Å².